The van der Waals surface area contributed by atoms with Gasteiger partial charge >= 0.3 is 24.0 Å². The maximum atomic E-state index is 12.0. The predicted octanol–water partition coefficient (Wildman–Crippen LogP) is 0.877. The first-order chi connectivity index (χ1) is 11.6. The van der Waals surface area contributed by atoms with Gasteiger partial charge in [0.05, 0.1) is 31.9 Å². The zero-order chi connectivity index (χ0) is 19.2. The number of anilines is 1. The number of carbonyl (C=O) groups is 4. The van der Waals surface area contributed by atoms with Gasteiger partial charge in [0.15, 0.2) is 0 Å². The maximum Gasteiger partial charge on any atom is 0.471 e. The van der Waals surface area contributed by atoms with Gasteiger partial charge in [-0.3, -0.25) is 9.59 Å². The van der Waals surface area contributed by atoms with Crippen LogP contribution in [0.25, 0.3) is 0 Å². The van der Waals surface area contributed by atoms with Gasteiger partial charge in [-0.15, -0.1) is 0 Å². The molecule has 0 unspecified atom stereocenters. The van der Waals surface area contributed by atoms with Crippen molar-refractivity contribution in [1.29, 1.82) is 0 Å². The van der Waals surface area contributed by atoms with E-state index in [0.717, 1.165) is 32.4 Å². The Hall–Kier alpha value is -3.11. The van der Waals surface area contributed by atoms with Crippen molar-refractivity contribution in [3.8, 4) is 0 Å². The number of hydrogen-bond donors (Lipinski definition) is 2. The van der Waals surface area contributed by atoms with Gasteiger partial charge in [0.2, 0.25) is 5.91 Å². The highest BCUT2D eigenvalue weighted by atomic mass is 19.4. The monoisotopic (exact) mass is 362 g/mol. The van der Waals surface area contributed by atoms with Crippen LogP contribution in [0.2, 0.25) is 0 Å². The summed E-state index contributed by atoms with van der Waals surface area (Å²) in [6.45, 7) is -0.964. The van der Waals surface area contributed by atoms with Crippen LogP contribution >= 0.6 is 0 Å². The van der Waals surface area contributed by atoms with Gasteiger partial charge in [0.25, 0.3) is 0 Å². The van der Waals surface area contributed by atoms with Crippen molar-refractivity contribution in [3.05, 3.63) is 29.3 Å². The highest BCUT2D eigenvalue weighted by Gasteiger charge is 2.38. The Kier molecular flexibility index (Phi) is 6.48. The van der Waals surface area contributed by atoms with Crippen LogP contribution in [0.1, 0.15) is 20.7 Å². The fourth-order valence-corrected chi connectivity index (χ4v) is 1.64. The lowest BCUT2D eigenvalue weighted by Crippen LogP contribution is -2.41. The molecule has 0 aliphatic carbocycles. The minimum atomic E-state index is -5.12. The number of carbonyl (C=O) groups excluding carboxylic acids is 4. The summed E-state index contributed by atoms with van der Waals surface area (Å²) in [6.07, 6.45) is -5.12. The molecule has 0 aliphatic rings. The first kappa shape index (κ1) is 19.9. The number of ether oxygens (including phenoxy) is 2. The van der Waals surface area contributed by atoms with Gasteiger partial charge < -0.3 is 20.1 Å². The van der Waals surface area contributed by atoms with Crippen LogP contribution < -0.4 is 10.6 Å². The van der Waals surface area contributed by atoms with E-state index in [-0.39, 0.29) is 16.8 Å². The predicted molar refractivity (Wildman–Crippen MR) is 76.8 cm³/mol. The molecular formula is C14H13F3N2O6. The summed E-state index contributed by atoms with van der Waals surface area (Å²) >= 11 is 0. The highest BCUT2D eigenvalue weighted by molar-refractivity contribution is 6.00. The van der Waals surface area contributed by atoms with E-state index in [4.69, 9.17) is 0 Å². The molecule has 0 fully saturated rings. The number of methoxy groups -OCH3 is 2. The van der Waals surface area contributed by atoms with Gasteiger partial charge in [-0.2, -0.15) is 13.2 Å². The summed E-state index contributed by atoms with van der Waals surface area (Å²) in [7, 11) is 2.19. The number of halogens is 3. The van der Waals surface area contributed by atoms with Gasteiger partial charge in [-0.25, -0.2) is 9.59 Å². The van der Waals surface area contributed by atoms with Crippen molar-refractivity contribution in [1.82, 2.24) is 5.32 Å². The Bertz CT molecular complexity index is 668. The molecule has 2 amide bonds. The standard InChI is InChI=1S/C14H13F3N2O6/c1-24-11(21)7-3-8(12(22)25-2)5-9(4-7)19-10(20)6-18-13(23)14(15,16)17/h3-5H,6H2,1-2H3,(H,18,23)(H,19,20). The third-order valence-corrected chi connectivity index (χ3v) is 2.73. The van der Waals surface area contributed by atoms with Crippen LogP contribution in [-0.4, -0.2) is 50.7 Å². The van der Waals surface area contributed by atoms with E-state index in [2.05, 4.69) is 14.8 Å². The van der Waals surface area contributed by atoms with Gasteiger partial charge in [-0.05, 0) is 18.2 Å². The lowest BCUT2D eigenvalue weighted by Gasteiger charge is -2.11. The third-order valence-electron chi connectivity index (χ3n) is 2.73. The van der Waals surface area contributed by atoms with E-state index >= 15 is 0 Å². The molecule has 0 bridgehead atoms. The number of hydrogen-bond acceptors (Lipinski definition) is 6. The molecule has 0 spiro atoms. The lowest BCUT2D eigenvalue weighted by molar-refractivity contribution is -0.173. The van der Waals surface area contributed by atoms with Crippen LogP contribution in [0.5, 0.6) is 0 Å². The number of amides is 2. The molecule has 0 saturated heterocycles. The zero-order valence-corrected chi connectivity index (χ0v) is 13.0. The molecule has 0 heterocycles. The summed E-state index contributed by atoms with van der Waals surface area (Å²) < 4.78 is 45.1. The molecule has 0 atom stereocenters. The molecular weight excluding hydrogens is 349 g/mol. The molecule has 0 saturated carbocycles. The molecule has 25 heavy (non-hydrogen) atoms. The van der Waals surface area contributed by atoms with E-state index in [1.165, 1.54) is 5.32 Å². The summed E-state index contributed by atoms with van der Waals surface area (Å²) in [5.41, 5.74) is -0.269. The highest BCUT2D eigenvalue weighted by Crippen LogP contribution is 2.17. The first-order valence-corrected chi connectivity index (χ1v) is 6.55. The third kappa shape index (κ3) is 5.79. The topological polar surface area (TPSA) is 111 Å². The molecule has 0 aliphatic heterocycles. The largest absolute Gasteiger partial charge is 0.471 e. The van der Waals surface area contributed by atoms with Gasteiger partial charge in [0.1, 0.15) is 0 Å². The Morgan fingerprint density at radius 3 is 1.84 bits per heavy atom. The van der Waals surface area contributed by atoms with Crippen LogP contribution in [0.4, 0.5) is 18.9 Å². The SMILES string of the molecule is COC(=O)c1cc(NC(=O)CNC(=O)C(F)(F)F)cc(C(=O)OC)c1. The Morgan fingerprint density at radius 1 is 0.960 bits per heavy atom. The Labute approximate surface area is 139 Å². The number of esters is 2. The second-order valence-corrected chi connectivity index (χ2v) is 4.51. The minimum absolute atomic E-state index is 0.0745. The Morgan fingerprint density at radius 2 is 1.44 bits per heavy atom. The van der Waals surface area contributed by atoms with Crippen molar-refractivity contribution in [2.45, 2.75) is 6.18 Å². The second-order valence-electron chi connectivity index (χ2n) is 4.51. The van der Waals surface area contributed by atoms with Crippen molar-refractivity contribution >= 4 is 29.4 Å². The number of alkyl halides is 3. The van der Waals surface area contributed by atoms with Crippen LogP contribution in [0.15, 0.2) is 18.2 Å². The van der Waals surface area contributed by atoms with E-state index in [1.807, 2.05) is 0 Å². The van der Waals surface area contributed by atoms with Crippen molar-refractivity contribution in [3.63, 3.8) is 0 Å². The second kappa shape index (κ2) is 8.13. The fourth-order valence-electron chi connectivity index (χ4n) is 1.64. The molecule has 8 nitrogen and oxygen atoms in total. The van der Waals surface area contributed by atoms with Gasteiger partial charge in [-0.1, -0.05) is 0 Å². The molecule has 136 valence electrons. The number of benzene rings is 1. The number of nitrogens with one attached hydrogen (secondary N) is 2. The molecule has 0 radical (unpaired) electrons. The first-order valence-electron chi connectivity index (χ1n) is 6.55. The maximum absolute atomic E-state index is 12.0. The smallest absolute Gasteiger partial charge is 0.465 e. The molecule has 11 heteroatoms. The van der Waals surface area contributed by atoms with E-state index < -0.39 is 36.5 Å². The average molecular weight is 362 g/mol. The van der Waals surface area contributed by atoms with Crippen molar-refractivity contribution in [2.24, 2.45) is 0 Å². The average Bonchev–Trinajstić information content (AvgIpc) is 2.56. The lowest BCUT2D eigenvalue weighted by atomic mass is 10.1. The van der Waals surface area contributed by atoms with Gasteiger partial charge in [0, 0.05) is 5.69 Å². The van der Waals surface area contributed by atoms with E-state index in [0.29, 0.717) is 0 Å². The van der Waals surface area contributed by atoms with E-state index in [1.54, 1.807) is 0 Å². The normalized spacial score (nSPS) is 10.6. The fraction of sp³-hybridized carbons (Fsp3) is 0.286. The minimum Gasteiger partial charge on any atom is -0.465 e. The molecule has 1 aromatic carbocycles. The summed E-state index contributed by atoms with van der Waals surface area (Å²) in [4.78, 5) is 45.4. The van der Waals surface area contributed by atoms with Crippen LogP contribution in [0.3, 0.4) is 0 Å². The van der Waals surface area contributed by atoms with Crippen molar-refractivity contribution < 1.29 is 41.8 Å². The Balaban J connectivity index is 2.93. The van der Waals surface area contributed by atoms with Crippen LogP contribution in [-0.2, 0) is 19.1 Å². The number of rotatable bonds is 5. The summed E-state index contributed by atoms with van der Waals surface area (Å²) in [5, 5.41) is 3.53. The molecule has 1 rings (SSSR count). The summed E-state index contributed by atoms with van der Waals surface area (Å²) in [5.74, 6) is -4.91. The molecule has 1 aromatic rings. The van der Waals surface area contributed by atoms with E-state index in [9.17, 15) is 32.3 Å². The quantitative estimate of drug-likeness (QED) is 0.753. The summed E-state index contributed by atoms with van der Waals surface area (Å²) in [6, 6.07) is 3.43. The van der Waals surface area contributed by atoms with Crippen molar-refractivity contribution in [2.75, 3.05) is 26.1 Å². The zero-order valence-electron chi connectivity index (χ0n) is 13.0. The molecule has 0 aromatic heterocycles. The molecule has 2 N–H and O–H groups in total. The van der Waals surface area contributed by atoms with Crippen LogP contribution in [0, 0.1) is 0 Å².